The van der Waals surface area contributed by atoms with Crippen LogP contribution in [0, 0.1) is 0 Å². The number of rotatable bonds is 5. The molecule has 4 aromatic carbocycles. The van der Waals surface area contributed by atoms with Crippen molar-refractivity contribution in [2.75, 3.05) is 0 Å². The molecule has 0 amide bonds. The van der Waals surface area contributed by atoms with E-state index >= 15 is 0 Å². The Morgan fingerprint density at radius 3 is 2.21 bits per heavy atom. The fraction of sp³-hybridized carbons (Fsp3) is 0.192. The van der Waals surface area contributed by atoms with E-state index in [0.717, 1.165) is 12.8 Å². The maximum absolute atomic E-state index is 4.93. The number of aryl methyl sites for hydroxylation is 2. The quantitative estimate of drug-likeness (QED) is 0.241. The zero-order valence-electron chi connectivity index (χ0n) is 16.9. The molecule has 0 spiro atoms. The van der Waals surface area contributed by atoms with Crippen molar-refractivity contribution in [3.8, 4) is 22.3 Å². The van der Waals surface area contributed by atoms with Gasteiger partial charge in [-0.2, -0.15) is 6.07 Å². The topological polar surface area (TPSA) is 0 Å². The predicted molar refractivity (Wildman–Crippen MR) is 125 cm³/mol. The van der Waals surface area contributed by atoms with Crippen molar-refractivity contribution in [1.29, 1.82) is 0 Å². The number of fused-ring (bicyclic) bond motifs is 1. The summed E-state index contributed by atoms with van der Waals surface area (Å²) in [6.07, 6.45) is 3.37. The van der Waals surface area contributed by atoms with Crippen LogP contribution in [-0.4, -0.2) is 0 Å². The third-order valence-electron chi connectivity index (χ3n) is 5.24. The van der Waals surface area contributed by atoms with Crippen molar-refractivity contribution in [2.24, 2.45) is 0 Å². The van der Waals surface area contributed by atoms with E-state index in [4.69, 9.17) is 17.0 Å². The summed E-state index contributed by atoms with van der Waals surface area (Å²) in [6, 6.07) is 29.0. The second-order valence-corrected chi connectivity index (χ2v) is 10.8. The van der Waals surface area contributed by atoms with Crippen LogP contribution in [0.15, 0.2) is 78.9 Å². The maximum atomic E-state index is 4.93. The van der Waals surface area contributed by atoms with Gasteiger partial charge in [0.1, 0.15) is 0 Å². The second-order valence-electron chi connectivity index (χ2n) is 7.05. The minimum atomic E-state index is -0.826. The molecule has 0 heterocycles. The summed E-state index contributed by atoms with van der Waals surface area (Å²) in [5.74, 6) is 0. The van der Waals surface area contributed by atoms with Crippen LogP contribution in [0.5, 0.6) is 0 Å². The molecule has 0 saturated carbocycles. The Balaban J connectivity index is 0.000000755. The first-order valence-corrected chi connectivity index (χ1v) is 16.4. The van der Waals surface area contributed by atoms with E-state index in [9.17, 15) is 0 Å². The Bertz CT molecular complexity index is 1050. The van der Waals surface area contributed by atoms with Gasteiger partial charge in [0.2, 0.25) is 0 Å². The van der Waals surface area contributed by atoms with Crippen molar-refractivity contribution >= 4 is 27.8 Å². The van der Waals surface area contributed by atoms with Gasteiger partial charge in [0.15, 0.2) is 0 Å². The van der Waals surface area contributed by atoms with Crippen LogP contribution in [0.25, 0.3) is 33.0 Å². The first kappa shape index (κ1) is 22.4. The number of benzene rings is 3. The van der Waals surface area contributed by atoms with Crippen molar-refractivity contribution in [3.05, 3.63) is 90.0 Å². The third-order valence-corrected chi connectivity index (χ3v) is 5.24. The predicted octanol–water partition coefficient (Wildman–Crippen LogP) is 8.78. The van der Waals surface area contributed by atoms with Gasteiger partial charge in [0.25, 0.3) is 0 Å². The SMILES string of the molecule is CCCc1cc2c(-c3ccccc3CC)c(-c3ccccc3)ccc2[cH-]1.[Cl][Zr][Cl]. The molecule has 0 saturated heterocycles. The number of hydrogen-bond donors (Lipinski definition) is 0. The third kappa shape index (κ3) is 5.26. The average Bonchev–Trinajstić information content (AvgIpc) is 3.17. The molecule has 0 nitrogen and oxygen atoms in total. The van der Waals surface area contributed by atoms with Crippen molar-refractivity contribution < 1.29 is 20.8 Å². The van der Waals surface area contributed by atoms with Gasteiger partial charge in [0, 0.05) is 0 Å². The Morgan fingerprint density at radius 1 is 0.828 bits per heavy atom. The zero-order valence-corrected chi connectivity index (χ0v) is 20.9. The van der Waals surface area contributed by atoms with Gasteiger partial charge in [-0.25, -0.2) is 0 Å². The molecule has 29 heavy (non-hydrogen) atoms. The van der Waals surface area contributed by atoms with E-state index < -0.39 is 20.8 Å². The molecule has 4 aromatic rings. The molecule has 4 rings (SSSR count). The average molecular weight is 500 g/mol. The van der Waals surface area contributed by atoms with E-state index in [2.05, 4.69) is 92.7 Å². The number of hydrogen-bond acceptors (Lipinski definition) is 0. The van der Waals surface area contributed by atoms with Crippen LogP contribution in [0.3, 0.4) is 0 Å². The molecule has 0 aliphatic heterocycles. The van der Waals surface area contributed by atoms with Gasteiger partial charge in [-0.05, 0) is 35.1 Å². The molecule has 0 radical (unpaired) electrons. The van der Waals surface area contributed by atoms with Crippen molar-refractivity contribution in [2.45, 2.75) is 33.1 Å². The van der Waals surface area contributed by atoms with E-state index in [1.54, 1.807) is 0 Å². The molecule has 0 aromatic heterocycles. The summed E-state index contributed by atoms with van der Waals surface area (Å²) in [4.78, 5) is 0. The van der Waals surface area contributed by atoms with Gasteiger partial charge in [-0.1, -0.05) is 86.5 Å². The van der Waals surface area contributed by atoms with Crippen LogP contribution in [0.2, 0.25) is 0 Å². The Morgan fingerprint density at radius 2 is 1.52 bits per heavy atom. The first-order valence-electron chi connectivity index (χ1n) is 10.1. The fourth-order valence-electron chi connectivity index (χ4n) is 4.00. The molecule has 0 bridgehead atoms. The van der Waals surface area contributed by atoms with Gasteiger partial charge in [0.05, 0.1) is 0 Å². The molecule has 0 N–H and O–H groups in total. The first-order chi connectivity index (χ1) is 14.2. The number of halogens is 2. The van der Waals surface area contributed by atoms with Crippen LogP contribution in [0.4, 0.5) is 0 Å². The van der Waals surface area contributed by atoms with E-state index in [0.29, 0.717) is 0 Å². The van der Waals surface area contributed by atoms with Gasteiger partial charge < -0.3 is 0 Å². The molecule has 0 atom stereocenters. The van der Waals surface area contributed by atoms with Crippen LogP contribution in [0.1, 0.15) is 31.4 Å². The van der Waals surface area contributed by atoms with Gasteiger partial charge in [-0.3, -0.25) is 0 Å². The zero-order chi connectivity index (χ0) is 20.6. The second kappa shape index (κ2) is 11.2. The minimum absolute atomic E-state index is 0.826. The standard InChI is InChI=1S/C26H25.2ClH.Zr/c1-3-10-19-17-22-15-16-24(21-12-6-5-7-13-21)26(25(22)18-19)23-14-9-8-11-20(23)4-2;;;/h5-9,11-18H,3-4,10H2,1-2H3;2*1H;/q-1;;;+2/p-2. The normalized spacial score (nSPS) is 10.5. The molecule has 0 unspecified atom stereocenters. The van der Waals surface area contributed by atoms with Crippen LogP contribution >= 0.6 is 17.0 Å². The summed E-state index contributed by atoms with van der Waals surface area (Å²) >= 11 is -0.826. The van der Waals surface area contributed by atoms with Gasteiger partial charge in [-0.15, -0.1) is 28.5 Å². The van der Waals surface area contributed by atoms with E-state index in [1.807, 2.05) is 0 Å². The van der Waals surface area contributed by atoms with Crippen molar-refractivity contribution in [1.82, 2.24) is 0 Å². The summed E-state index contributed by atoms with van der Waals surface area (Å²) in [7, 11) is 9.87. The molecular formula is C26H25Cl2Zr-. The summed E-state index contributed by atoms with van der Waals surface area (Å²) in [5.41, 5.74) is 8.22. The Kier molecular flexibility index (Phi) is 8.67. The Labute approximate surface area is 192 Å². The fourth-order valence-corrected chi connectivity index (χ4v) is 4.00. The molecule has 0 fully saturated rings. The monoisotopic (exact) mass is 497 g/mol. The molecule has 148 valence electrons. The van der Waals surface area contributed by atoms with Crippen LogP contribution in [-0.2, 0) is 33.7 Å². The van der Waals surface area contributed by atoms with Crippen LogP contribution < -0.4 is 0 Å². The molecule has 0 aliphatic carbocycles. The molecule has 0 aliphatic rings. The van der Waals surface area contributed by atoms with E-state index in [1.165, 1.54) is 50.6 Å². The Hall–Kier alpha value is -1.27. The summed E-state index contributed by atoms with van der Waals surface area (Å²) in [6.45, 7) is 4.50. The molecule has 3 heteroatoms. The van der Waals surface area contributed by atoms with Crippen molar-refractivity contribution in [3.63, 3.8) is 0 Å². The summed E-state index contributed by atoms with van der Waals surface area (Å²) < 4.78 is 0. The summed E-state index contributed by atoms with van der Waals surface area (Å²) in [5, 5.41) is 2.74. The van der Waals surface area contributed by atoms with Gasteiger partial charge >= 0.3 is 37.9 Å². The van der Waals surface area contributed by atoms with E-state index in [-0.39, 0.29) is 0 Å². The molecular weight excluding hydrogens is 474 g/mol.